The summed E-state index contributed by atoms with van der Waals surface area (Å²) < 4.78 is 10.4. The summed E-state index contributed by atoms with van der Waals surface area (Å²) in [6, 6.07) is 0.235. The zero-order chi connectivity index (χ0) is 12.5. The van der Waals surface area contributed by atoms with Crippen molar-refractivity contribution in [3.63, 3.8) is 0 Å². The quantitative estimate of drug-likeness (QED) is 0.637. The smallest absolute Gasteiger partial charge is 0.246 e. The number of hydrogen-bond acceptors (Lipinski definition) is 4. The Bertz CT molecular complexity index is 224. The Balaban J connectivity index is 2.02. The number of hydrogen-bond donors (Lipinski definition) is 2. The maximum absolute atomic E-state index is 11.4. The lowest BCUT2D eigenvalue weighted by Crippen LogP contribution is -2.35. The van der Waals surface area contributed by atoms with Crippen LogP contribution >= 0.6 is 0 Å². The molecule has 1 amide bonds. The Hall–Kier alpha value is -0.650. The first-order valence-electron chi connectivity index (χ1n) is 6.35. The molecule has 2 atom stereocenters. The van der Waals surface area contributed by atoms with Gasteiger partial charge in [-0.15, -0.1) is 0 Å². The van der Waals surface area contributed by atoms with Crippen molar-refractivity contribution in [1.82, 2.24) is 5.32 Å². The van der Waals surface area contributed by atoms with E-state index in [-0.39, 0.29) is 24.7 Å². The van der Waals surface area contributed by atoms with Crippen molar-refractivity contribution >= 4 is 5.91 Å². The lowest BCUT2D eigenvalue weighted by Gasteiger charge is -2.26. The number of nitrogens with two attached hydrogens (primary N) is 1. The van der Waals surface area contributed by atoms with Crippen LogP contribution in [0.1, 0.15) is 32.1 Å². The molecular weight excluding hydrogens is 220 g/mol. The van der Waals surface area contributed by atoms with E-state index in [2.05, 4.69) is 5.32 Å². The molecule has 100 valence electrons. The number of amides is 1. The Labute approximate surface area is 103 Å². The first-order valence-corrected chi connectivity index (χ1v) is 6.35. The van der Waals surface area contributed by atoms with E-state index < -0.39 is 0 Å². The summed E-state index contributed by atoms with van der Waals surface area (Å²) >= 11 is 0. The third-order valence-corrected chi connectivity index (χ3v) is 2.96. The average Bonchev–Trinajstić information content (AvgIpc) is 2.32. The maximum atomic E-state index is 11.4. The van der Waals surface area contributed by atoms with Gasteiger partial charge in [0.25, 0.3) is 0 Å². The zero-order valence-electron chi connectivity index (χ0n) is 10.6. The van der Waals surface area contributed by atoms with Crippen LogP contribution in [-0.2, 0) is 14.3 Å². The fourth-order valence-corrected chi connectivity index (χ4v) is 2.02. The molecule has 1 rings (SSSR count). The van der Waals surface area contributed by atoms with Gasteiger partial charge in [0.15, 0.2) is 0 Å². The molecule has 3 N–H and O–H groups in total. The number of ether oxygens (including phenoxy) is 2. The first kappa shape index (κ1) is 14.4. The van der Waals surface area contributed by atoms with Crippen molar-refractivity contribution < 1.29 is 14.3 Å². The fourth-order valence-electron chi connectivity index (χ4n) is 2.02. The van der Waals surface area contributed by atoms with Crippen molar-refractivity contribution in [2.45, 2.75) is 44.2 Å². The molecule has 1 fully saturated rings. The van der Waals surface area contributed by atoms with Crippen molar-refractivity contribution in [3.05, 3.63) is 0 Å². The summed E-state index contributed by atoms with van der Waals surface area (Å²) in [5.41, 5.74) is 5.85. The number of carbonyl (C=O) groups excluding carboxylic acids is 1. The van der Waals surface area contributed by atoms with E-state index in [1.807, 2.05) is 0 Å². The Morgan fingerprint density at radius 3 is 3.00 bits per heavy atom. The molecule has 1 saturated carbocycles. The van der Waals surface area contributed by atoms with Crippen LogP contribution in [0.2, 0.25) is 0 Å². The number of carbonyl (C=O) groups is 1. The second-order valence-electron chi connectivity index (χ2n) is 4.56. The molecule has 0 aliphatic heterocycles. The van der Waals surface area contributed by atoms with Gasteiger partial charge in [-0.2, -0.15) is 0 Å². The van der Waals surface area contributed by atoms with Gasteiger partial charge in [-0.05, 0) is 32.1 Å². The molecule has 0 heterocycles. The maximum Gasteiger partial charge on any atom is 0.246 e. The van der Waals surface area contributed by atoms with Gasteiger partial charge in [0.1, 0.15) is 6.61 Å². The summed E-state index contributed by atoms with van der Waals surface area (Å²) in [6.07, 6.45) is 5.05. The highest BCUT2D eigenvalue weighted by atomic mass is 16.5. The minimum absolute atomic E-state index is 0.0553. The lowest BCUT2D eigenvalue weighted by molar-refractivity contribution is -0.128. The van der Waals surface area contributed by atoms with Gasteiger partial charge in [0.2, 0.25) is 5.91 Å². The Morgan fingerprint density at radius 2 is 2.29 bits per heavy atom. The molecule has 0 bridgehead atoms. The molecule has 0 aromatic rings. The summed E-state index contributed by atoms with van der Waals surface area (Å²) in [4.78, 5) is 11.4. The molecule has 0 spiro atoms. The van der Waals surface area contributed by atoms with Gasteiger partial charge in [0, 0.05) is 26.3 Å². The van der Waals surface area contributed by atoms with Gasteiger partial charge >= 0.3 is 0 Å². The topological polar surface area (TPSA) is 73.6 Å². The van der Waals surface area contributed by atoms with Crippen molar-refractivity contribution in [2.75, 3.05) is 26.9 Å². The highest BCUT2D eigenvalue weighted by molar-refractivity contribution is 5.77. The third-order valence-electron chi connectivity index (χ3n) is 2.96. The van der Waals surface area contributed by atoms with E-state index in [4.69, 9.17) is 15.2 Å². The predicted molar refractivity (Wildman–Crippen MR) is 65.7 cm³/mol. The van der Waals surface area contributed by atoms with E-state index >= 15 is 0 Å². The minimum atomic E-state index is -0.0553. The predicted octanol–water partition coefficient (Wildman–Crippen LogP) is 0.426. The van der Waals surface area contributed by atoms with E-state index in [0.717, 1.165) is 32.1 Å². The first-order chi connectivity index (χ1) is 8.22. The van der Waals surface area contributed by atoms with Crippen LogP contribution < -0.4 is 11.1 Å². The molecule has 1 aliphatic carbocycles. The average molecular weight is 244 g/mol. The van der Waals surface area contributed by atoms with E-state index in [1.165, 1.54) is 0 Å². The van der Waals surface area contributed by atoms with Crippen LogP contribution in [0.15, 0.2) is 0 Å². The van der Waals surface area contributed by atoms with Gasteiger partial charge in [0.05, 0.1) is 6.10 Å². The standard InChI is InChI=1S/C12H24N2O3/c1-16-7-3-6-14-12(15)9-17-11-5-2-4-10(13)8-11/h10-11H,2-9,13H2,1H3,(H,14,15). The molecule has 5 heteroatoms. The second kappa shape index (κ2) is 8.44. The normalized spacial score (nSPS) is 24.6. The summed E-state index contributed by atoms with van der Waals surface area (Å²) in [5, 5.41) is 2.79. The Kier molecular flexibility index (Phi) is 7.16. The minimum Gasteiger partial charge on any atom is -0.385 e. The van der Waals surface area contributed by atoms with E-state index in [1.54, 1.807) is 7.11 Å². The van der Waals surface area contributed by atoms with Crippen molar-refractivity contribution in [2.24, 2.45) is 5.73 Å². The molecule has 0 saturated heterocycles. The molecule has 2 unspecified atom stereocenters. The summed E-state index contributed by atoms with van der Waals surface area (Å²) in [7, 11) is 1.65. The second-order valence-corrected chi connectivity index (χ2v) is 4.56. The number of methoxy groups -OCH3 is 1. The van der Waals surface area contributed by atoms with Gasteiger partial charge < -0.3 is 20.5 Å². The van der Waals surface area contributed by atoms with Gasteiger partial charge in [-0.1, -0.05) is 0 Å². The third kappa shape index (κ3) is 6.61. The lowest BCUT2D eigenvalue weighted by atomic mass is 9.94. The van der Waals surface area contributed by atoms with Crippen LogP contribution in [0, 0.1) is 0 Å². The summed E-state index contributed by atoms with van der Waals surface area (Å²) in [6.45, 7) is 1.45. The highest BCUT2D eigenvalue weighted by Gasteiger charge is 2.20. The highest BCUT2D eigenvalue weighted by Crippen LogP contribution is 2.19. The zero-order valence-corrected chi connectivity index (χ0v) is 10.6. The molecule has 0 aromatic carbocycles. The van der Waals surface area contributed by atoms with Crippen molar-refractivity contribution in [3.8, 4) is 0 Å². The fraction of sp³-hybridized carbons (Fsp3) is 0.917. The van der Waals surface area contributed by atoms with Gasteiger partial charge in [-0.3, -0.25) is 4.79 Å². The SMILES string of the molecule is COCCCNC(=O)COC1CCCC(N)C1. The van der Waals surface area contributed by atoms with Crippen molar-refractivity contribution in [1.29, 1.82) is 0 Å². The van der Waals surface area contributed by atoms with Crippen LogP contribution in [0.3, 0.4) is 0 Å². The molecule has 0 aromatic heterocycles. The molecule has 0 radical (unpaired) electrons. The van der Waals surface area contributed by atoms with Gasteiger partial charge in [-0.25, -0.2) is 0 Å². The van der Waals surface area contributed by atoms with E-state index in [0.29, 0.717) is 13.2 Å². The van der Waals surface area contributed by atoms with E-state index in [9.17, 15) is 4.79 Å². The summed E-state index contributed by atoms with van der Waals surface area (Å²) in [5.74, 6) is -0.0553. The molecule has 1 aliphatic rings. The number of nitrogens with one attached hydrogen (secondary N) is 1. The Morgan fingerprint density at radius 1 is 1.47 bits per heavy atom. The van der Waals surface area contributed by atoms with Crippen LogP contribution in [0.25, 0.3) is 0 Å². The molecule has 17 heavy (non-hydrogen) atoms. The van der Waals surface area contributed by atoms with Crippen LogP contribution in [0.4, 0.5) is 0 Å². The largest absolute Gasteiger partial charge is 0.385 e. The number of rotatable bonds is 7. The molecular formula is C12H24N2O3. The van der Waals surface area contributed by atoms with Crippen LogP contribution in [-0.4, -0.2) is 44.9 Å². The molecule has 5 nitrogen and oxygen atoms in total. The monoisotopic (exact) mass is 244 g/mol. The van der Waals surface area contributed by atoms with Crippen LogP contribution in [0.5, 0.6) is 0 Å².